The summed E-state index contributed by atoms with van der Waals surface area (Å²) in [5.74, 6) is 0.964. The van der Waals surface area contributed by atoms with E-state index >= 15 is 0 Å². The van der Waals surface area contributed by atoms with Gasteiger partial charge >= 0.3 is 0 Å². The average Bonchev–Trinajstić information content (AvgIpc) is 2.50. The maximum atomic E-state index is 5.83. The summed E-state index contributed by atoms with van der Waals surface area (Å²) in [5.41, 5.74) is 3.66. The predicted molar refractivity (Wildman–Crippen MR) is 83.1 cm³/mol. The number of aryl methyl sites for hydroxylation is 1. The molecule has 0 aromatic carbocycles. The molecule has 0 saturated carbocycles. The summed E-state index contributed by atoms with van der Waals surface area (Å²) in [6.45, 7) is 4.96. The van der Waals surface area contributed by atoms with Crippen molar-refractivity contribution in [3.05, 3.63) is 52.3 Å². The van der Waals surface area contributed by atoms with Crippen LogP contribution in [0.25, 0.3) is 0 Å². The number of nitrogens with zero attached hydrogens (tertiary/aromatic N) is 4. The van der Waals surface area contributed by atoms with Gasteiger partial charge in [-0.25, -0.2) is 15.0 Å². The highest BCUT2D eigenvalue weighted by Gasteiger charge is 2.18. The molecule has 2 aromatic heterocycles. The maximum Gasteiger partial charge on any atom is 0.129 e. The minimum absolute atomic E-state index is 0.541. The molecule has 0 saturated heterocycles. The monoisotopic (exact) mass is 302 g/mol. The molecular weight excluding hydrogens is 284 g/mol. The van der Waals surface area contributed by atoms with Crippen molar-refractivity contribution >= 4 is 11.6 Å². The molecule has 0 amide bonds. The van der Waals surface area contributed by atoms with Gasteiger partial charge in [0.25, 0.3) is 0 Å². The zero-order valence-electron chi connectivity index (χ0n) is 12.2. The van der Waals surface area contributed by atoms with Crippen molar-refractivity contribution < 1.29 is 0 Å². The number of fused-ring (bicyclic) bond motifs is 1. The van der Waals surface area contributed by atoms with Crippen LogP contribution in [0.5, 0.6) is 0 Å². The fraction of sp³-hybridized carbons (Fsp3) is 0.438. The maximum absolute atomic E-state index is 5.83. The Morgan fingerprint density at radius 3 is 2.90 bits per heavy atom. The van der Waals surface area contributed by atoms with Gasteiger partial charge in [-0.15, -0.1) is 0 Å². The van der Waals surface area contributed by atoms with Crippen LogP contribution in [-0.4, -0.2) is 26.4 Å². The molecule has 4 nitrogen and oxygen atoms in total. The van der Waals surface area contributed by atoms with E-state index in [-0.39, 0.29) is 0 Å². The summed E-state index contributed by atoms with van der Waals surface area (Å²) in [5, 5.41) is 0.541. The molecule has 0 radical (unpaired) electrons. The van der Waals surface area contributed by atoms with Crippen LogP contribution in [0.3, 0.4) is 0 Å². The summed E-state index contributed by atoms with van der Waals surface area (Å²) in [6.07, 6.45) is 6.91. The highest BCUT2D eigenvalue weighted by molar-refractivity contribution is 6.29. The number of rotatable bonds is 4. The first kappa shape index (κ1) is 14.4. The van der Waals surface area contributed by atoms with Gasteiger partial charge in [0.15, 0.2) is 0 Å². The van der Waals surface area contributed by atoms with E-state index in [2.05, 4.69) is 21.8 Å². The summed E-state index contributed by atoms with van der Waals surface area (Å²) < 4.78 is 0. The molecule has 0 fully saturated rings. The van der Waals surface area contributed by atoms with Gasteiger partial charge in [-0.05, 0) is 30.0 Å². The molecule has 1 aliphatic rings. The molecule has 0 aliphatic carbocycles. The van der Waals surface area contributed by atoms with E-state index in [9.17, 15) is 0 Å². The molecular formula is C16H19ClN4. The predicted octanol–water partition coefficient (Wildman–Crippen LogP) is 3.04. The lowest BCUT2D eigenvalue weighted by Crippen LogP contribution is -2.31. The second-order valence-electron chi connectivity index (χ2n) is 5.46. The lowest BCUT2D eigenvalue weighted by atomic mass is 10.1. The van der Waals surface area contributed by atoms with E-state index in [1.807, 2.05) is 24.5 Å². The molecule has 3 heterocycles. The van der Waals surface area contributed by atoms with Crippen LogP contribution in [0.15, 0.2) is 24.5 Å². The van der Waals surface area contributed by atoms with Crippen molar-refractivity contribution in [2.75, 3.05) is 6.54 Å². The SMILES string of the molecule is CCCc1ncc2c(n1)CN(Cc1ccc(Cl)nc1)CC2. The van der Waals surface area contributed by atoms with Gasteiger partial charge < -0.3 is 0 Å². The number of hydrogen-bond acceptors (Lipinski definition) is 4. The van der Waals surface area contributed by atoms with Crippen molar-refractivity contribution in [2.24, 2.45) is 0 Å². The van der Waals surface area contributed by atoms with Gasteiger partial charge in [0, 0.05) is 38.4 Å². The normalized spacial score (nSPS) is 15.0. The molecule has 110 valence electrons. The number of hydrogen-bond donors (Lipinski definition) is 0. The Morgan fingerprint density at radius 1 is 1.24 bits per heavy atom. The Bertz CT molecular complexity index is 612. The fourth-order valence-corrected chi connectivity index (χ4v) is 2.75. The van der Waals surface area contributed by atoms with E-state index in [4.69, 9.17) is 16.6 Å². The summed E-state index contributed by atoms with van der Waals surface area (Å²) >= 11 is 5.83. The molecule has 0 unspecified atom stereocenters. The largest absolute Gasteiger partial charge is 0.293 e. The first-order valence-corrected chi connectivity index (χ1v) is 7.79. The Labute approximate surface area is 130 Å². The summed E-state index contributed by atoms with van der Waals surface area (Å²) in [4.78, 5) is 15.7. The zero-order valence-corrected chi connectivity index (χ0v) is 13.0. The molecule has 0 bridgehead atoms. The van der Waals surface area contributed by atoms with Crippen LogP contribution in [-0.2, 0) is 25.9 Å². The highest BCUT2D eigenvalue weighted by Crippen LogP contribution is 2.19. The van der Waals surface area contributed by atoms with Crippen molar-refractivity contribution in [1.82, 2.24) is 19.9 Å². The van der Waals surface area contributed by atoms with Crippen molar-refractivity contribution in [3.63, 3.8) is 0 Å². The number of aromatic nitrogens is 3. The quantitative estimate of drug-likeness (QED) is 0.814. The lowest BCUT2D eigenvalue weighted by Gasteiger charge is -2.27. The van der Waals surface area contributed by atoms with Gasteiger partial charge in [-0.2, -0.15) is 0 Å². The zero-order chi connectivity index (χ0) is 14.7. The van der Waals surface area contributed by atoms with E-state index in [1.54, 1.807) is 0 Å². The summed E-state index contributed by atoms with van der Waals surface area (Å²) in [7, 11) is 0. The first-order chi connectivity index (χ1) is 10.2. The van der Waals surface area contributed by atoms with Gasteiger partial charge in [-0.3, -0.25) is 4.90 Å². The van der Waals surface area contributed by atoms with Crippen LogP contribution in [0.1, 0.15) is 36.0 Å². The molecule has 1 aliphatic heterocycles. The molecule has 0 spiro atoms. The van der Waals surface area contributed by atoms with E-state index in [1.165, 1.54) is 16.8 Å². The number of pyridine rings is 1. The Hall–Kier alpha value is -1.52. The Morgan fingerprint density at radius 2 is 2.14 bits per heavy atom. The Balaban J connectivity index is 1.71. The van der Waals surface area contributed by atoms with Crippen LogP contribution >= 0.6 is 11.6 Å². The van der Waals surface area contributed by atoms with E-state index < -0.39 is 0 Å². The molecule has 3 rings (SSSR count). The Kier molecular flexibility index (Phi) is 4.46. The fourth-order valence-electron chi connectivity index (χ4n) is 2.64. The third-order valence-electron chi connectivity index (χ3n) is 3.74. The van der Waals surface area contributed by atoms with Crippen molar-refractivity contribution in [3.8, 4) is 0 Å². The third-order valence-corrected chi connectivity index (χ3v) is 3.97. The number of halogens is 1. The van der Waals surface area contributed by atoms with Crippen molar-refractivity contribution in [1.29, 1.82) is 0 Å². The van der Waals surface area contributed by atoms with Crippen LogP contribution < -0.4 is 0 Å². The standard InChI is InChI=1S/C16H19ClN4/c1-2-3-16-19-9-13-6-7-21(11-14(13)20-16)10-12-4-5-15(17)18-8-12/h4-5,8-9H,2-3,6-7,10-11H2,1H3. The second kappa shape index (κ2) is 6.50. The summed E-state index contributed by atoms with van der Waals surface area (Å²) in [6, 6.07) is 3.88. The van der Waals surface area contributed by atoms with Gasteiger partial charge in [0.2, 0.25) is 0 Å². The smallest absolute Gasteiger partial charge is 0.129 e. The molecule has 21 heavy (non-hydrogen) atoms. The molecule has 0 atom stereocenters. The first-order valence-electron chi connectivity index (χ1n) is 7.41. The van der Waals surface area contributed by atoms with E-state index in [0.717, 1.165) is 44.7 Å². The van der Waals surface area contributed by atoms with Gasteiger partial charge in [0.1, 0.15) is 11.0 Å². The van der Waals surface area contributed by atoms with Gasteiger partial charge in [0.05, 0.1) is 5.69 Å². The molecule has 2 aromatic rings. The van der Waals surface area contributed by atoms with Gasteiger partial charge in [-0.1, -0.05) is 24.6 Å². The van der Waals surface area contributed by atoms with E-state index in [0.29, 0.717) is 5.15 Å². The second-order valence-corrected chi connectivity index (χ2v) is 5.85. The lowest BCUT2D eigenvalue weighted by molar-refractivity contribution is 0.240. The third kappa shape index (κ3) is 3.57. The molecule has 0 N–H and O–H groups in total. The minimum Gasteiger partial charge on any atom is -0.293 e. The van der Waals surface area contributed by atoms with Crippen LogP contribution in [0.2, 0.25) is 5.15 Å². The topological polar surface area (TPSA) is 41.9 Å². The molecule has 5 heteroatoms. The highest BCUT2D eigenvalue weighted by atomic mass is 35.5. The van der Waals surface area contributed by atoms with Crippen LogP contribution in [0.4, 0.5) is 0 Å². The minimum atomic E-state index is 0.541. The van der Waals surface area contributed by atoms with Crippen molar-refractivity contribution in [2.45, 2.75) is 39.3 Å². The van der Waals surface area contributed by atoms with Crippen LogP contribution in [0, 0.1) is 0 Å². The average molecular weight is 303 g/mol.